The molecule has 3 rings (SSSR count). The fourth-order valence-corrected chi connectivity index (χ4v) is 3.43. The van der Waals surface area contributed by atoms with Crippen molar-refractivity contribution >= 4 is 5.91 Å². The second-order valence-electron chi connectivity index (χ2n) is 5.83. The second-order valence-corrected chi connectivity index (χ2v) is 5.83. The van der Waals surface area contributed by atoms with Gasteiger partial charge in [0.05, 0.1) is 6.61 Å². The fourth-order valence-electron chi connectivity index (χ4n) is 3.43. The molecule has 0 aromatic heterocycles. The van der Waals surface area contributed by atoms with Crippen LogP contribution in [0.4, 0.5) is 0 Å². The number of fused-ring (bicyclic) bond motifs is 3. The van der Waals surface area contributed by atoms with Crippen LogP contribution in [-0.4, -0.2) is 12.5 Å². The number of aryl methyl sites for hydroxylation is 1. The van der Waals surface area contributed by atoms with E-state index in [0.717, 1.165) is 38.0 Å². The third-order valence-corrected chi connectivity index (χ3v) is 4.62. The van der Waals surface area contributed by atoms with Gasteiger partial charge in [-0.15, -0.1) is 0 Å². The number of primary amides is 1. The number of ether oxygens (including phenoxy) is 1. The molecule has 3 nitrogen and oxygen atoms in total. The van der Waals surface area contributed by atoms with Crippen molar-refractivity contribution in [3.8, 4) is 5.75 Å². The quantitative estimate of drug-likeness (QED) is 0.903. The zero-order valence-corrected chi connectivity index (χ0v) is 11.4. The molecule has 1 aromatic carbocycles. The summed E-state index contributed by atoms with van der Waals surface area (Å²) in [4.78, 5) is 11.1. The van der Waals surface area contributed by atoms with Gasteiger partial charge in [-0.3, -0.25) is 4.79 Å². The Morgan fingerprint density at radius 1 is 1.47 bits per heavy atom. The summed E-state index contributed by atoms with van der Waals surface area (Å²) in [5.41, 5.74) is 9.78. The molecule has 1 aliphatic heterocycles. The maximum absolute atomic E-state index is 11.1. The van der Waals surface area contributed by atoms with Crippen molar-refractivity contribution < 1.29 is 9.53 Å². The van der Waals surface area contributed by atoms with Crippen molar-refractivity contribution in [3.63, 3.8) is 0 Å². The van der Waals surface area contributed by atoms with Crippen LogP contribution in [0, 0.1) is 5.92 Å². The molecule has 1 unspecified atom stereocenters. The molecule has 1 aliphatic carbocycles. The van der Waals surface area contributed by atoms with E-state index >= 15 is 0 Å². The van der Waals surface area contributed by atoms with Gasteiger partial charge in [-0.2, -0.15) is 0 Å². The number of hydrogen-bond donors (Lipinski definition) is 1. The standard InChI is InChI=1S/C16H21NO2/c1-10(16(17)18)2-3-11-4-5-12-6-7-14-13(15(11)12)8-9-19-14/h6-7,10-11H,2-5,8-9H2,1H3,(H2,17,18)/t10-,11?/m0/s1. The summed E-state index contributed by atoms with van der Waals surface area (Å²) < 4.78 is 5.66. The average Bonchev–Trinajstić information content (AvgIpc) is 3.01. The zero-order chi connectivity index (χ0) is 13.4. The van der Waals surface area contributed by atoms with Crippen LogP contribution in [0.2, 0.25) is 0 Å². The summed E-state index contributed by atoms with van der Waals surface area (Å²) >= 11 is 0. The van der Waals surface area contributed by atoms with Gasteiger partial charge in [-0.25, -0.2) is 0 Å². The normalized spacial score (nSPS) is 21.6. The Hall–Kier alpha value is -1.51. The minimum absolute atomic E-state index is 0.0166. The van der Waals surface area contributed by atoms with E-state index in [-0.39, 0.29) is 11.8 Å². The predicted octanol–water partition coefficient (Wildman–Crippen LogP) is 2.55. The third kappa shape index (κ3) is 2.22. The Morgan fingerprint density at radius 3 is 3.11 bits per heavy atom. The molecule has 0 radical (unpaired) electrons. The Balaban J connectivity index is 1.78. The first-order chi connectivity index (χ1) is 9.16. The molecule has 2 aliphatic rings. The van der Waals surface area contributed by atoms with Gasteiger partial charge >= 0.3 is 0 Å². The minimum atomic E-state index is -0.181. The van der Waals surface area contributed by atoms with Gasteiger partial charge in [0.2, 0.25) is 5.91 Å². The van der Waals surface area contributed by atoms with E-state index < -0.39 is 0 Å². The van der Waals surface area contributed by atoms with Crippen molar-refractivity contribution in [2.75, 3.05) is 6.61 Å². The number of benzene rings is 1. The van der Waals surface area contributed by atoms with Crippen molar-refractivity contribution in [1.29, 1.82) is 0 Å². The highest BCUT2D eigenvalue weighted by atomic mass is 16.5. The lowest BCUT2D eigenvalue weighted by molar-refractivity contribution is -0.121. The maximum Gasteiger partial charge on any atom is 0.220 e. The highest BCUT2D eigenvalue weighted by Crippen LogP contribution is 2.43. The van der Waals surface area contributed by atoms with E-state index in [1.807, 2.05) is 6.92 Å². The molecule has 102 valence electrons. The van der Waals surface area contributed by atoms with Gasteiger partial charge in [0.25, 0.3) is 0 Å². The first kappa shape index (κ1) is 12.5. The molecule has 19 heavy (non-hydrogen) atoms. The van der Waals surface area contributed by atoms with E-state index in [1.165, 1.54) is 23.1 Å². The molecule has 3 heteroatoms. The predicted molar refractivity (Wildman–Crippen MR) is 74.3 cm³/mol. The Bertz CT molecular complexity index is 510. The molecule has 0 saturated heterocycles. The number of carbonyl (C=O) groups excluding carboxylic acids is 1. The molecule has 0 fully saturated rings. The van der Waals surface area contributed by atoms with Crippen LogP contribution in [0.3, 0.4) is 0 Å². The van der Waals surface area contributed by atoms with Gasteiger partial charge in [0.15, 0.2) is 0 Å². The monoisotopic (exact) mass is 259 g/mol. The summed E-state index contributed by atoms with van der Waals surface area (Å²) in [6.07, 6.45) is 5.37. The van der Waals surface area contributed by atoms with Gasteiger partial charge in [0, 0.05) is 17.9 Å². The lowest BCUT2D eigenvalue weighted by Gasteiger charge is -2.16. The summed E-state index contributed by atoms with van der Waals surface area (Å²) in [5, 5.41) is 0. The lowest BCUT2D eigenvalue weighted by atomic mass is 9.88. The fraction of sp³-hybridized carbons (Fsp3) is 0.562. The van der Waals surface area contributed by atoms with Gasteiger partial charge in [-0.05, 0) is 48.8 Å². The molecule has 1 heterocycles. The topological polar surface area (TPSA) is 52.3 Å². The second kappa shape index (κ2) is 4.87. The number of rotatable bonds is 4. The summed E-state index contributed by atoms with van der Waals surface area (Å²) in [6, 6.07) is 4.34. The van der Waals surface area contributed by atoms with Crippen LogP contribution in [0.5, 0.6) is 5.75 Å². The molecular formula is C16H21NO2. The van der Waals surface area contributed by atoms with Gasteiger partial charge < -0.3 is 10.5 Å². The molecule has 1 aromatic rings. The van der Waals surface area contributed by atoms with E-state index in [1.54, 1.807) is 0 Å². The summed E-state index contributed by atoms with van der Waals surface area (Å²) in [7, 11) is 0. The van der Waals surface area contributed by atoms with Crippen LogP contribution in [0.25, 0.3) is 0 Å². The SMILES string of the molecule is C[C@@H](CCC1CCc2ccc3c(c21)CCO3)C(N)=O. The molecule has 2 atom stereocenters. The summed E-state index contributed by atoms with van der Waals surface area (Å²) in [5.74, 6) is 1.47. The number of amides is 1. The lowest BCUT2D eigenvalue weighted by Crippen LogP contribution is -2.20. The smallest absolute Gasteiger partial charge is 0.220 e. The van der Waals surface area contributed by atoms with Crippen LogP contribution in [0.15, 0.2) is 12.1 Å². The van der Waals surface area contributed by atoms with E-state index in [9.17, 15) is 4.79 Å². The third-order valence-electron chi connectivity index (χ3n) is 4.62. The highest BCUT2D eigenvalue weighted by molar-refractivity contribution is 5.76. The van der Waals surface area contributed by atoms with Gasteiger partial charge in [-0.1, -0.05) is 13.0 Å². The number of carbonyl (C=O) groups is 1. The largest absolute Gasteiger partial charge is 0.493 e. The summed E-state index contributed by atoms with van der Waals surface area (Å²) in [6.45, 7) is 2.74. The maximum atomic E-state index is 11.1. The molecule has 0 spiro atoms. The van der Waals surface area contributed by atoms with Crippen LogP contribution in [0.1, 0.15) is 48.8 Å². The van der Waals surface area contributed by atoms with Gasteiger partial charge in [0.1, 0.15) is 5.75 Å². The zero-order valence-electron chi connectivity index (χ0n) is 11.4. The van der Waals surface area contributed by atoms with Crippen LogP contribution >= 0.6 is 0 Å². The first-order valence-corrected chi connectivity index (χ1v) is 7.23. The Morgan fingerprint density at radius 2 is 2.32 bits per heavy atom. The van der Waals surface area contributed by atoms with Crippen molar-refractivity contribution in [3.05, 3.63) is 28.8 Å². The molecule has 0 bridgehead atoms. The Kier molecular flexibility index (Phi) is 3.21. The number of hydrogen-bond acceptors (Lipinski definition) is 2. The average molecular weight is 259 g/mol. The first-order valence-electron chi connectivity index (χ1n) is 7.23. The Labute approximate surface area is 114 Å². The number of nitrogens with two attached hydrogens (primary N) is 1. The van der Waals surface area contributed by atoms with E-state index in [4.69, 9.17) is 10.5 Å². The van der Waals surface area contributed by atoms with Crippen molar-refractivity contribution in [2.45, 2.75) is 44.9 Å². The van der Waals surface area contributed by atoms with E-state index in [2.05, 4.69) is 12.1 Å². The van der Waals surface area contributed by atoms with Crippen molar-refractivity contribution in [1.82, 2.24) is 0 Å². The van der Waals surface area contributed by atoms with Crippen LogP contribution in [-0.2, 0) is 17.6 Å². The molecule has 0 saturated carbocycles. The van der Waals surface area contributed by atoms with Crippen molar-refractivity contribution in [2.24, 2.45) is 11.7 Å². The molecular weight excluding hydrogens is 238 g/mol. The molecule has 1 amide bonds. The van der Waals surface area contributed by atoms with E-state index in [0.29, 0.717) is 5.92 Å². The highest BCUT2D eigenvalue weighted by Gasteiger charge is 2.29. The molecule has 2 N–H and O–H groups in total. The minimum Gasteiger partial charge on any atom is -0.493 e. The van der Waals surface area contributed by atoms with Crippen LogP contribution < -0.4 is 10.5 Å².